The molecule has 4 heteroatoms. The highest BCUT2D eigenvalue weighted by molar-refractivity contribution is 5.42. The van der Waals surface area contributed by atoms with E-state index in [1.165, 1.54) is 16.7 Å². The molecule has 0 unspecified atom stereocenters. The number of fused-ring (bicyclic) bond motifs is 3. The topological polar surface area (TPSA) is 34.0 Å². The normalized spacial score (nSPS) is 14.2. The highest BCUT2D eigenvalue weighted by Gasteiger charge is 2.20. The van der Waals surface area contributed by atoms with E-state index in [0.29, 0.717) is 0 Å². The molecule has 110 valence electrons. The molecule has 3 aromatic rings. The molecule has 0 atom stereocenters. The van der Waals surface area contributed by atoms with Crippen LogP contribution < -0.4 is 0 Å². The Labute approximate surface area is 130 Å². The molecule has 4 rings (SSSR count). The first-order valence-electron chi connectivity index (χ1n) is 7.56. The van der Waals surface area contributed by atoms with Crippen LogP contribution in [0, 0.1) is 6.92 Å². The van der Waals surface area contributed by atoms with Crippen LogP contribution in [0.3, 0.4) is 0 Å². The van der Waals surface area contributed by atoms with Gasteiger partial charge in [0, 0.05) is 19.6 Å². The Bertz CT molecular complexity index is 806. The van der Waals surface area contributed by atoms with Crippen LogP contribution in [0.4, 0.5) is 0 Å². The van der Waals surface area contributed by atoms with Crippen molar-refractivity contribution in [1.29, 1.82) is 0 Å². The number of nitrogens with zero attached hydrogens (tertiary/aromatic N) is 4. The van der Waals surface area contributed by atoms with Crippen LogP contribution in [0.1, 0.15) is 22.4 Å². The van der Waals surface area contributed by atoms with Gasteiger partial charge in [0.2, 0.25) is 0 Å². The molecule has 0 spiro atoms. The van der Waals surface area contributed by atoms with Crippen LogP contribution in [0.15, 0.2) is 54.7 Å². The van der Waals surface area contributed by atoms with E-state index in [-0.39, 0.29) is 0 Å². The first-order valence-corrected chi connectivity index (χ1v) is 7.56. The Hall–Kier alpha value is -2.46. The van der Waals surface area contributed by atoms with Crippen LogP contribution in [-0.4, -0.2) is 19.9 Å². The summed E-state index contributed by atoms with van der Waals surface area (Å²) in [6.45, 7) is 4.89. The molecule has 1 aliphatic rings. The molecular weight excluding hydrogens is 272 g/mol. The van der Waals surface area contributed by atoms with Crippen molar-refractivity contribution in [2.24, 2.45) is 0 Å². The van der Waals surface area contributed by atoms with Crippen molar-refractivity contribution in [3.05, 3.63) is 77.1 Å². The Balaban J connectivity index is 1.71. The summed E-state index contributed by atoms with van der Waals surface area (Å²) < 4.78 is 1.97. The van der Waals surface area contributed by atoms with Crippen molar-refractivity contribution < 1.29 is 0 Å². The van der Waals surface area contributed by atoms with Gasteiger partial charge in [-0.1, -0.05) is 47.7 Å². The van der Waals surface area contributed by atoms with E-state index in [0.717, 1.165) is 31.0 Å². The standard InChI is InChI=1S/C18H18N4/c1-14-6-2-3-7-15(14)11-21-12-16-8-4-5-9-18(16)22-17(13-21)10-19-20-22/h2-10H,11-13H2,1H3. The van der Waals surface area contributed by atoms with Crippen molar-refractivity contribution in [3.63, 3.8) is 0 Å². The lowest BCUT2D eigenvalue weighted by Gasteiger charge is -2.21. The minimum atomic E-state index is 0.857. The zero-order valence-corrected chi connectivity index (χ0v) is 12.6. The molecule has 0 radical (unpaired) electrons. The van der Waals surface area contributed by atoms with Gasteiger partial charge in [-0.25, -0.2) is 4.68 Å². The number of benzene rings is 2. The Morgan fingerprint density at radius 2 is 1.82 bits per heavy atom. The average Bonchev–Trinajstić information content (AvgIpc) is 2.92. The van der Waals surface area contributed by atoms with E-state index in [4.69, 9.17) is 0 Å². The fourth-order valence-electron chi connectivity index (χ4n) is 3.08. The van der Waals surface area contributed by atoms with Gasteiger partial charge in [0.15, 0.2) is 0 Å². The SMILES string of the molecule is Cc1ccccc1CN1Cc2ccccc2-n2nncc2C1. The summed E-state index contributed by atoms with van der Waals surface area (Å²) in [5.41, 5.74) is 6.29. The molecule has 0 N–H and O–H groups in total. The van der Waals surface area contributed by atoms with Crippen molar-refractivity contribution >= 4 is 0 Å². The second-order valence-corrected chi connectivity index (χ2v) is 5.84. The van der Waals surface area contributed by atoms with Crippen molar-refractivity contribution in [2.75, 3.05) is 0 Å². The third-order valence-electron chi connectivity index (χ3n) is 4.27. The van der Waals surface area contributed by atoms with Gasteiger partial charge in [0.05, 0.1) is 17.6 Å². The van der Waals surface area contributed by atoms with Gasteiger partial charge in [-0.05, 0) is 29.7 Å². The maximum Gasteiger partial charge on any atom is 0.0786 e. The number of hydrogen-bond acceptors (Lipinski definition) is 3. The van der Waals surface area contributed by atoms with Gasteiger partial charge < -0.3 is 0 Å². The van der Waals surface area contributed by atoms with Crippen LogP contribution in [0.5, 0.6) is 0 Å². The average molecular weight is 290 g/mol. The van der Waals surface area contributed by atoms with E-state index < -0.39 is 0 Å². The quantitative estimate of drug-likeness (QED) is 0.727. The predicted molar refractivity (Wildman–Crippen MR) is 85.5 cm³/mol. The van der Waals surface area contributed by atoms with Gasteiger partial charge in [-0.2, -0.15) is 0 Å². The van der Waals surface area contributed by atoms with E-state index in [1.54, 1.807) is 0 Å². The smallest absolute Gasteiger partial charge is 0.0786 e. The maximum absolute atomic E-state index is 4.26. The van der Waals surface area contributed by atoms with Crippen molar-refractivity contribution in [3.8, 4) is 5.69 Å². The van der Waals surface area contributed by atoms with Crippen LogP contribution in [0.2, 0.25) is 0 Å². The van der Waals surface area contributed by atoms with E-state index >= 15 is 0 Å². The lowest BCUT2D eigenvalue weighted by molar-refractivity contribution is 0.247. The minimum absolute atomic E-state index is 0.857. The number of hydrogen-bond donors (Lipinski definition) is 0. The Kier molecular flexibility index (Phi) is 3.24. The Morgan fingerprint density at radius 1 is 1.00 bits per heavy atom. The summed E-state index contributed by atoms with van der Waals surface area (Å²) in [4.78, 5) is 2.45. The van der Waals surface area contributed by atoms with Crippen molar-refractivity contribution in [2.45, 2.75) is 26.6 Å². The molecule has 4 nitrogen and oxygen atoms in total. The zero-order chi connectivity index (χ0) is 14.9. The molecule has 0 saturated heterocycles. The maximum atomic E-state index is 4.26. The summed E-state index contributed by atoms with van der Waals surface area (Å²) in [6.07, 6.45) is 1.87. The third-order valence-corrected chi connectivity index (χ3v) is 4.27. The second kappa shape index (κ2) is 5.39. The largest absolute Gasteiger partial charge is 0.289 e. The first-order chi connectivity index (χ1) is 10.8. The highest BCUT2D eigenvalue weighted by atomic mass is 15.4. The Morgan fingerprint density at radius 3 is 2.73 bits per heavy atom. The molecule has 0 aliphatic carbocycles. The van der Waals surface area contributed by atoms with Crippen LogP contribution in [0.25, 0.3) is 5.69 Å². The second-order valence-electron chi connectivity index (χ2n) is 5.84. The van der Waals surface area contributed by atoms with Gasteiger partial charge in [-0.15, -0.1) is 5.10 Å². The molecule has 0 fully saturated rings. The monoisotopic (exact) mass is 290 g/mol. The minimum Gasteiger partial charge on any atom is -0.289 e. The summed E-state index contributed by atoms with van der Waals surface area (Å²) in [7, 11) is 0. The lowest BCUT2D eigenvalue weighted by atomic mass is 10.1. The highest BCUT2D eigenvalue weighted by Crippen LogP contribution is 2.24. The molecule has 2 heterocycles. The van der Waals surface area contributed by atoms with Crippen LogP contribution in [-0.2, 0) is 19.6 Å². The molecule has 0 saturated carbocycles. The molecule has 2 aromatic carbocycles. The number of rotatable bonds is 2. The zero-order valence-electron chi connectivity index (χ0n) is 12.6. The molecule has 22 heavy (non-hydrogen) atoms. The van der Waals surface area contributed by atoms with E-state index in [2.05, 4.69) is 70.7 Å². The lowest BCUT2D eigenvalue weighted by Crippen LogP contribution is -2.21. The molecule has 1 aromatic heterocycles. The third kappa shape index (κ3) is 2.31. The predicted octanol–water partition coefficient (Wildman–Crippen LogP) is 3.09. The summed E-state index contributed by atoms with van der Waals surface area (Å²) >= 11 is 0. The number of aryl methyl sites for hydroxylation is 1. The summed E-state index contributed by atoms with van der Waals surface area (Å²) in [6, 6.07) is 17.0. The molecule has 0 amide bonds. The van der Waals surface area contributed by atoms with E-state index in [1.807, 2.05) is 10.9 Å². The van der Waals surface area contributed by atoms with Crippen LogP contribution >= 0.6 is 0 Å². The molecule has 0 bridgehead atoms. The van der Waals surface area contributed by atoms with Gasteiger partial charge in [-0.3, -0.25) is 4.90 Å². The van der Waals surface area contributed by atoms with Gasteiger partial charge in [0.25, 0.3) is 0 Å². The fraction of sp³-hybridized carbons (Fsp3) is 0.222. The molecule has 1 aliphatic heterocycles. The summed E-state index contributed by atoms with van der Waals surface area (Å²) in [5.74, 6) is 0. The first kappa shape index (κ1) is 13.2. The van der Waals surface area contributed by atoms with Gasteiger partial charge in [0.1, 0.15) is 0 Å². The van der Waals surface area contributed by atoms with Gasteiger partial charge >= 0.3 is 0 Å². The van der Waals surface area contributed by atoms with E-state index in [9.17, 15) is 0 Å². The van der Waals surface area contributed by atoms with Crippen molar-refractivity contribution in [1.82, 2.24) is 19.9 Å². The number of para-hydroxylation sites is 1. The number of aromatic nitrogens is 3. The summed E-state index contributed by atoms with van der Waals surface area (Å²) in [5, 5.41) is 8.35. The fourth-order valence-corrected chi connectivity index (χ4v) is 3.08. The molecular formula is C18H18N4.